The van der Waals surface area contributed by atoms with Crippen molar-refractivity contribution in [1.29, 1.82) is 0 Å². The van der Waals surface area contributed by atoms with Gasteiger partial charge in [0.05, 0.1) is 5.92 Å². The van der Waals surface area contributed by atoms with Crippen LogP contribution in [0.2, 0.25) is 0 Å². The number of ketones is 1. The van der Waals surface area contributed by atoms with Crippen LogP contribution in [-0.4, -0.2) is 16.9 Å². The highest BCUT2D eigenvalue weighted by atomic mass is 16.5. The Morgan fingerprint density at radius 2 is 2.31 bits per heavy atom. The van der Waals surface area contributed by atoms with Crippen molar-refractivity contribution < 1.29 is 14.7 Å². The van der Waals surface area contributed by atoms with Crippen LogP contribution in [-0.2, 0) is 9.53 Å². The number of carbonyl (C=O) groups excluding carboxylic acids is 1. The fourth-order valence-electron chi connectivity index (χ4n) is 1.87. The summed E-state index contributed by atoms with van der Waals surface area (Å²) in [4.78, 5) is 11.5. The van der Waals surface area contributed by atoms with E-state index in [1.807, 2.05) is 6.92 Å². The number of hydrogen-bond acceptors (Lipinski definition) is 4. The average Bonchev–Trinajstić information content (AvgIpc) is 2.44. The molecule has 0 saturated heterocycles. The summed E-state index contributed by atoms with van der Waals surface area (Å²) in [6.45, 7) is 1.82. The third-order valence-corrected chi connectivity index (χ3v) is 2.54. The summed E-state index contributed by atoms with van der Waals surface area (Å²) in [5.74, 6) is 0.914. The average molecular weight is 181 g/mol. The summed E-state index contributed by atoms with van der Waals surface area (Å²) in [6.07, 6.45) is 2.21. The molecule has 0 bridgehead atoms. The highest BCUT2D eigenvalue weighted by Crippen LogP contribution is 2.35. The maximum Gasteiger partial charge on any atom is 0.238 e. The van der Waals surface area contributed by atoms with Crippen molar-refractivity contribution in [3.8, 4) is 0 Å². The standard InChI is InChI=1S/C9H11NO3/c1-5-8-6(11)3-2-4-7(8)13-9(5)10-12/h5,12H,2-4H2,1H3/b10-9-/t5-/m1/s1. The lowest BCUT2D eigenvalue weighted by atomic mass is 9.90. The Morgan fingerprint density at radius 3 is 2.92 bits per heavy atom. The second-order valence-electron chi connectivity index (χ2n) is 3.38. The second kappa shape index (κ2) is 2.87. The smallest absolute Gasteiger partial charge is 0.238 e. The topological polar surface area (TPSA) is 58.9 Å². The van der Waals surface area contributed by atoms with Gasteiger partial charge in [0, 0.05) is 18.4 Å². The van der Waals surface area contributed by atoms with E-state index >= 15 is 0 Å². The molecule has 0 amide bonds. The van der Waals surface area contributed by atoms with Gasteiger partial charge in [0.15, 0.2) is 5.78 Å². The molecule has 0 aromatic rings. The first-order valence-corrected chi connectivity index (χ1v) is 4.40. The molecule has 1 heterocycles. The van der Waals surface area contributed by atoms with Crippen LogP contribution in [0.3, 0.4) is 0 Å². The second-order valence-corrected chi connectivity index (χ2v) is 3.38. The number of carbonyl (C=O) groups is 1. The quantitative estimate of drug-likeness (QED) is 0.454. The first kappa shape index (κ1) is 8.29. The molecule has 70 valence electrons. The van der Waals surface area contributed by atoms with Crippen LogP contribution in [0.25, 0.3) is 0 Å². The minimum atomic E-state index is -0.173. The summed E-state index contributed by atoms with van der Waals surface area (Å²) < 4.78 is 5.26. The van der Waals surface area contributed by atoms with Gasteiger partial charge in [0.25, 0.3) is 0 Å². The van der Waals surface area contributed by atoms with Crippen LogP contribution < -0.4 is 0 Å². The number of oxime groups is 1. The maximum absolute atomic E-state index is 11.5. The first-order chi connectivity index (χ1) is 6.24. The van der Waals surface area contributed by atoms with Gasteiger partial charge < -0.3 is 9.94 Å². The SMILES string of the molecule is C[C@@H]1C2=C(CCCC2=O)O/C1=N\O. The highest BCUT2D eigenvalue weighted by molar-refractivity contribution is 6.04. The maximum atomic E-state index is 11.5. The Hall–Kier alpha value is -1.32. The fourth-order valence-corrected chi connectivity index (χ4v) is 1.87. The molecule has 4 nitrogen and oxygen atoms in total. The Bertz CT molecular complexity index is 317. The van der Waals surface area contributed by atoms with Crippen molar-refractivity contribution in [2.45, 2.75) is 26.2 Å². The molecule has 0 spiro atoms. The van der Waals surface area contributed by atoms with Crippen molar-refractivity contribution in [1.82, 2.24) is 0 Å². The van der Waals surface area contributed by atoms with Crippen LogP contribution in [0.1, 0.15) is 26.2 Å². The Labute approximate surface area is 75.9 Å². The molecule has 13 heavy (non-hydrogen) atoms. The summed E-state index contributed by atoms with van der Waals surface area (Å²) in [7, 11) is 0. The minimum Gasteiger partial charge on any atom is -0.443 e. The summed E-state index contributed by atoms with van der Waals surface area (Å²) in [5.41, 5.74) is 0.707. The molecule has 0 aromatic carbocycles. The van der Waals surface area contributed by atoms with Crippen molar-refractivity contribution >= 4 is 11.7 Å². The van der Waals surface area contributed by atoms with Gasteiger partial charge in [0.2, 0.25) is 5.90 Å². The van der Waals surface area contributed by atoms with E-state index in [1.54, 1.807) is 0 Å². The van der Waals surface area contributed by atoms with E-state index in [9.17, 15) is 4.79 Å². The van der Waals surface area contributed by atoms with Crippen LogP contribution in [0.4, 0.5) is 0 Å². The molecule has 1 atom stereocenters. The lowest BCUT2D eigenvalue weighted by molar-refractivity contribution is -0.116. The van der Waals surface area contributed by atoms with Crippen molar-refractivity contribution in [3.63, 3.8) is 0 Å². The van der Waals surface area contributed by atoms with Gasteiger partial charge in [-0.1, -0.05) is 5.16 Å². The molecule has 1 aliphatic heterocycles. The fraction of sp³-hybridized carbons (Fsp3) is 0.556. The van der Waals surface area contributed by atoms with E-state index in [0.29, 0.717) is 17.8 Å². The van der Waals surface area contributed by atoms with Gasteiger partial charge >= 0.3 is 0 Å². The Balaban J connectivity index is 2.37. The molecule has 0 aromatic heterocycles. The van der Waals surface area contributed by atoms with Gasteiger partial charge in [-0.15, -0.1) is 0 Å². The van der Waals surface area contributed by atoms with E-state index in [-0.39, 0.29) is 17.6 Å². The van der Waals surface area contributed by atoms with Crippen LogP contribution in [0, 0.1) is 5.92 Å². The van der Waals surface area contributed by atoms with E-state index in [4.69, 9.17) is 9.94 Å². The lowest BCUT2D eigenvalue weighted by Crippen LogP contribution is -2.15. The number of hydrogen-bond donors (Lipinski definition) is 1. The minimum absolute atomic E-state index is 0.132. The summed E-state index contributed by atoms with van der Waals surface area (Å²) >= 11 is 0. The molecule has 4 heteroatoms. The third kappa shape index (κ3) is 1.13. The molecular weight excluding hydrogens is 170 g/mol. The van der Waals surface area contributed by atoms with Crippen molar-refractivity contribution in [3.05, 3.63) is 11.3 Å². The van der Waals surface area contributed by atoms with Crippen molar-refractivity contribution in [2.24, 2.45) is 11.1 Å². The van der Waals surface area contributed by atoms with Crippen molar-refractivity contribution in [2.75, 3.05) is 0 Å². The monoisotopic (exact) mass is 181 g/mol. The highest BCUT2D eigenvalue weighted by Gasteiger charge is 2.36. The van der Waals surface area contributed by atoms with Gasteiger partial charge in [-0.3, -0.25) is 4.79 Å². The predicted molar refractivity (Wildman–Crippen MR) is 45.4 cm³/mol. The molecular formula is C9H11NO3. The van der Waals surface area contributed by atoms with E-state index in [2.05, 4.69) is 5.16 Å². The van der Waals surface area contributed by atoms with Gasteiger partial charge in [-0.25, -0.2) is 0 Å². The predicted octanol–water partition coefficient (Wildman–Crippen LogP) is 1.45. The normalized spacial score (nSPS) is 30.7. The molecule has 0 radical (unpaired) electrons. The largest absolute Gasteiger partial charge is 0.443 e. The molecule has 0 fully saturated rings. The van der Waals surface area contributed by atoms with Gasteiger partial charge in [-0.2, -0.15) is 0 Å². The van der Waals surface area contributed by atoms with Crippen LogP contribution in [0.15, 0.2) is 16.5 Å². The van der Waals surface area contributed by atoms with E-state index in [1.165, 1.54) is 0 Å². The zero-order chi connectivity index (χ0) is 9.42. The molecule has 2 rings (SSSR count). The molecule has 1 aliphatic carbocycles. The zero-order valence-electron chi connectivity index (χ0n) is 7.41. The Kier molecular flexibility index (Phi) is 1.83. The number of ether oxygens (including phenoxy) is 1. The zero-order valence-corrected chi connectivity index (χ0v) is 7.41. The summed E-state index contributed by atoms with van der Waals surface area (Å²) in [5, 5.41) is 11.6. The number of allylic oxidation sites excluding steroid dienone is 1. The van der Waals surface area contributed by atoms with E-state index < -0.39 is 0 Å². The third-order valence-electron chi connectivity index (χ3n) is 2.54. The number of Topliss-reactive ketones (excluding diaryl/α,β-unsaturated/α-hetero) is 1. The molecule has 0 unspecified atom stereocenters. The van der Waals surface area contributed by atoms with E-state index in [0.717, 1.165) is 12.8 Å². The van der Waals surface area contributed by atoms with Gasteiger partial charge in [0.1, 0.15) is 5.76 Å². The van der Waals surface area contributed by atoms with Crippen LogP contribution in [0.5, 0.6) is 0 Å². The Morgan fingerprint density at radius 1 is 1.54 bits per heavy atom. The first-order valence-electron chi connectivity index (χ1n) is 4.40. The number of rotatable bonds is 0. The summed E-state index contributed by atoms with van der Waals surface area (Å²) in [6, 6.07) is 0. The molecule has 0 saturated carbocycles. The van der Waals surface area contributed by atoms with Crippen LogP contribution >= 0.6 is 0 Å². The molecule has 2 aliphatic rings. The lowest BCUT2D eigenvalue weighted by Gasteiger charge is -2.11. The molecule has 1 N–H and O–H groups in total. The number of nitrogens with zero attached hydrogens (tertiary/aromatic N) is 1. The van der Waals surface area contributed by atoms with Gasteiger partial charge in [-0.05, 0) is 13.3 Å².